The first-order valence-electron chi connectivity index (χ1n) is 5.21. The van der Waals surface area contributed by atoms with E-state index in [-0.39, 0.29) is 15.8 Å². The van der Waals surface area contributed by atoms with E-state index in [1.807, 2.05) is 0 Å². The molecule has 0 heterocycles. The zero-order valence-corrected chi connectivity index (χ0v) is 11.6. The van der Waals surface area contributed by atoms with Crippen molar-refractivity contribution in [2.45, 2.75) is 18.4 Å². The van der Waals surface area contributed by atoms with Crippen LogP contribution in [-0.2, 0) is 0 Å². The Bertz CT molecular complexity index is 459. The molecular weight excluding hydrogens is 356 g/mol. The van der Waals surface area contributed by atoms with Crippen molar-refractivity contribution in [3.63, 3.8) is 0 Å². The molecule has 0 saturated carbocycles. The molecule has 1 aromatic carbocycles. The summed E-state index contributed by atoms with van der Waals surface area (Å²) in [5.41, 5.74) is 4.88. The number of nitrogens with two attached hydrogens (primary N) is 1. The molecule has 0 bridgehead atoms. The van der Waals surface area contributed by atoms with Crippen LogP contribution in [0, 0.1) is 5.92 Å². The predicted octanol–water partition coefficient (Wildman–Crippen LogP) is 4.20. The number of halogens is 7. The van der Waals surface area contributed by atoms with Crippen molar-refractivity contribution < 1.29 is 31.1 Å². The average Bonchev–Trinajstić information content (AvgIpc) is 2.24. The van der Waals surface area contributed by atoms with E-state index in [2.05, 4.69) is 15.9 Å². The van der Waals surface area contributed by atoms with Gasteiger partial charge in [0.25, 0.3) is 0 Å². The Morgan fingerprint density at radius 1 is 1.10 bits per heavy atom. The van der Waals surface area contributed by atoms with E-state index in [1.165, 1.54) is 13.2 Å². The SMILES string of the molecule is COc1ccc(C(N)C(C(F)(F)F)C(F)(F)F)cc1Br. The van der Waals surface area contributed by atoms with Crippen molar-refractivity contribution in [1.29, 1.82) is 0 Å². The maximum Gasteiger partial charge on any atom is 0.402 e. The van der Waals surface area contributed by atoms with Gasteiger partial charge in [-0.3, -0.25) is 0 Å². The minimum atomic E-state index is -5.48. The van der Waals surface area contributed by atoms with Gasteiger partial charge in [-0.05, 0) is 33.6 Å². The standard InChI is InChI=1S/C11H10BrF6NO/c1-20-7-3-2-5(4-6(7)12)8(19)9(10(13,14)15)11(16,17)18/h2-4,8-9H,19H2,1H3. The molecule has 9 heteroatoms. The molecular formula is C11H10BrF6NO. The van der Waals surface area contributed by atoms with Gasteiger partial charge >= 0.3 is 12.4 Å². The van der Waals surface area contributed by atoms with Gasteiger partial charge in [0.1, 0.15) is 5.75 Å². The van der Waals surface area contributed by atoms with E-state index >= 15 is 0 Å². The molecule has 0 fully saturated rings. The second-order valence-corrected chi connectivity index (χ2v) is 4.83. The number of methoxy groups -OCH3 is 1. The molecule has 0 radical (unpaired) electrons. The molecule has 1 rings (SSSR count). The fourth-order valence-electron chi connectivity index (χ4n) is 1.68. The van der Waals surface area contributed by atoms with Crippen LogP contribution >= 0.6 is 15.9 Å². The molecule has 0 saturated heterocycles. The fourth-order valence-corrected chi connectivity index (χ4v) is 2.23. The first kappa shape index (κ1) is 17.1. The van der Waals surface area contributed by atoms with Gasteiger partial charge in [-0.1, -0.05) is 6.07 Å². The number of hydrogen-bond donors (Lipinski definition) is 1. The highest BCUT2D eigenvalue weighted by molar-refractivity contribution is 9.10. The molecule has 1 atom stereocenters. The first-order chi connectivity index (χ1) is 8.98. The van der Waals surface area contributed by atoms with Crippen LogP contribution in [0.2, 0.25) is 0 Å². The summed E-state index contributed by atoms with van der Waals surface area (Å²) in [5, 5.41) is 0. The van der Waals surface area contributed by atoms with Gasteiger partial charge in [0.2, 0.25) is 0 Å². The summed E-state index contributed by atoms with van der Waals surface area (Å²) < 4.78 is 80.4. The van der Waals surface area contributed by atoms with Gasteiger partial charge in [0.05, 0.1) is 17.6 Å². The van der Waals surface area contributed by atoms with E-state index in [0.29, 0.717) is 0 Å². The summed E-state index contributed by atoms with van der Waals surface area (Å²) in [7, 11) is 1.31. The van der Waals surface area contributed by atoms with Gasteiger partial charge in [-0.2, -0.15) is 26.3 Å². The van der Waals surface area contributed by atoms with Crippen LogP contribution in [0.3, 0.4) is 0 Å². The Morgan fingerprint density at radius 3 is 1.95 bits per heavy atom. The lowest BCUT2D eigenvalue weighted by atomic mass is 9.92. The maximum atomic E-state index is 12.6. The van der Waals surface area contributed by atoms with E-state index in [9.17, 15) is 26.3 Å². The smallest absolute Gasteiger partial charge is 0.402 e. The summed E-state index contributed by atoms with van der Waals surface area (Å²) in [6.45, 7) is 0. The van der Waals surface area contributed by atoms with E-state index in [4.69, 9.17) is 10.5 Å². The van der Waals surface area contributed by atoms with Crippen LogP contribution in [0.25, 0.3) is 0 Å². The van der Waals surface area contributed by atoms with Crippen LogP contribution in [-0.4, -0.2) is 19.5 Å². The third-order valence-corrected chi connectivity index (χ3v) is 3.24. The fraction of sp³-hybridized carbons (Fsp3) is 0.455. The molecule has 2 N–H and O–H groups in total. The van der Waals surface area contributed by atoms with Crippen LogP contribution < -0.4 is 10.5 Å². The lowest BCUT2D eigenvalue weighted by Crippen LogP contribution is -2.43. The molecule has 20 heavy (non-hydrogen) atoms. The average molecular weight is 366 g/mol. The third kappa shape index (κ3) is 3.78. The summed E-state index contributed by atoms with van der Waals surface area (Å²) in [6, 6.07) is 1.13. The Hall–Kier alpha value is -0.960. The van der Waals surface area contributed by atoms with E-state index in [0.717, 1.165) is 12.1 Å². The highest BCUT2D eigenvalue weighted by Gasteiger charge is 2.59. The third-order valence-electron chi connectivity index (χ3n) is 2.63. The van der Waals surface area contributed by atoms with Crippen molar-refractivity contribution in [3.8, 4) is 5.75 Å². The van der Waals surface area contributed by atoms with Crippen molar-refractivity contribution in [2.24, 2.45) is 11.7 Å². The molecule has 0 spiro atoms. The number of rotatable bonds is 3. The Balaban J connectivity index is 3.20. The minimum Gasteiger partial charge on any atom is -0.496 e. The number of hydrogen-bond acceptors (Lipinski definition) is 2. The zero-order chi connectivity index (χ0) is 15.7. The number of ether oxygens (including phenoxy) is 1. The van der Waals surface area contributed by atoms with Crippen molar-refractivity contribution >= 4 is 15.9 Å². The van der Waals surface area contributed by atoms with Crippen molar-refractivity contribution in [3.05, 3.63) is 28.2 Å². The largest absolute Gasteiger partial charge is 0.496 e. The second-order valence-electron chi connectivity index (χ2n) is 3.98. The lowest BCUT2D eigenvalue weighted by Gasteiger charge is -2.28. The maximum absolute atomic E-state index is 12.6. The monoisotopic (exact) mass is 365 g/mol. The molecule has 1 unspecified atom stereocenters. The van der Waals surface area contributed by atoms with Crippen LogP contribution in [0.5, 0.6) is 5.75 Å². The second kappa shape index (κ2) is 5.80. The van der Waals surface area contributed by atoms with Gasteiger partial charge in [-0.15, -0.1) is 0 Å². The zero-order valence-electron chi connectivity index (χ0n) is 10.0. The minimum absolute atomic E-state index is 0.219. The Labute approximate surface area is 119 Å². The molecule has 2 nitrogen and oxygen atoms in total. The van der Waals surface area contributed by atoms with Crippen LogP contribution in [0.4, 0.5) is 26.3 Å². The number of alkyl halides is 6. The highest BCUT2D eigenvalue weighted by Crippen LogP contribution is 2.46. The molecule has 1 aromatic rings. The normalized spacial score (nSPS) is 14.5. The molecule has 114 valence electrons. The van der Waals surface area contributed by atoms with Crippen LogP contribution in [0.1, 0.15) is 11.6 Å². The molecule has 0 amide bonds. The summed E-state index contributed by atoms with van der Waals surface area (Å²) in [5.74, 6) is -3.35. The first-order valence-corrected chi connectivity index (χ1v) is 6.00. The van der Waals surface area contributed by atoms with E-state index < -0.39 is 24.3 Å². The molecule has 0 aromatic heterocycles. The van der Waals surface area contributed by atoms with Gasteiger partial charge in [0, 0.05) is 0 Å². The highest BCUT2D eigenvalue weighted by atomic mass is 79.9. The van der Waals surface area contributed by atoms with Crippen LogP contribution in [0.15, 0.2) is 22.7 Å². The lowest BCUT2D eigenvalue weighted by molar-refractivity contribution is -0.290. The van der Waals surface area contributed by atoms with E-state index in [1.54, 1.807) is 0 Å². The Kier molecular flexibility index (Phi) is 4.96. The molecule has 0 aliphatic carbocycles. The van der Waals surface area contributed by atoms with Gasteiger partial charge < -0.3 is 10.5 Å². The topological polar surface area (TPSA) is 35.2 Å². The summed E-state index contributed by atoms with van der Waals surface area (Å²) >= 11 is 2.98. The van der Waals surface area contributed by atoms with Crippen molar-refractivity contribution in [1.82, 2.24) is 0 Å². The molecule has 0 aliphatic heterocycles. The summed E-state index contributed by atoms with van der Waals surface area (Å²) in [4.78, 5) is 0. The van der Waals surface area contributed by atoms with Gasteiger partial charge in [-0.25, -0.2) is 0 Å². The number of benzene rings is 1. The van der Waals surface area contributed by atoms with Crippen molar-refractivity contribution in [2.75, 3.05) is 7.11 Å². The van der Waals surface area contributed by atoms with Gasteiger partial charge in [0.15, 0.2) is 5.92 Å². The predicted molar refractivity (Wildman–Crippen MR) is 63.2 cm³/mol. The molecule has 0 aliphatic rings. The Morgan fingerprint density at radius 2 is 1.60 bits per heavy atom. The summed E-state index contributed by atoms with van der Waals surface area (Å²) in [6.07, 6.45) is -11.0. The quantitative estimate of drug-likeness (QED) is 0.814.